The molecule has 3 amide bonds. The molecule has 0 saturated carbocycles. The van der Waals surface area contributed by atoms with E-state index in [1.165, 1.54) is 47.0 Å². The lowest BCUT2D eigenvalue weighted by atomic mass is 10.0. The van der Waals surface area contributed by atoms with Crippen molar-refractivity contribution in [2.45, 2.75) is 44.6 Å². The predicted molar refractivity (Wildman–Crippen MR) is 140 cm³/mol. The molecule has 1 aromatic heterocycles. The third-order valence-corrected chi connectivity index (χ3v) is 9.98. The fraction of sp³-hybridized carbons (Fsp3) is 0.480. The SMILES string of the molecule is CCN1CCc2c(sc(NC(=O)c3ccc(S(=O)(=O)N4CCC(C)CC4)cc3)c2C(=O)NC(=O)OC)C1. The number of alkyl carbamates (subject to hydrolysis) is 1. The van der Waals surface area contributed by atoms with Crippen molar-refractivity contribution in [3.05, 3.63) is 45.8 Å². The number of likely N-dealkylation sites (N-methyl/N-ethyl adjacent to an activating group) is 1. The Morgan fingerprint density at radius 2 is 1.76 bits per heavy atom. The van der Waals surface area contributed by atoms with Crippen LogP contribution in [0, 0.1) is 5.92 Å². The normalized spacial score (nSPS) is 17.2. The van der Waals surface area contributed by atoms with Crippen LogP contribution in [0.15, 0.2) is 29.2 Å². The highest BCUT2D eigenvalue weighted by Crippen LogP contribution is 2.37. The van der Waals surface area contributed by atoms with E-state index in [1.54, 1.807) is 0 Å². The van der Waals surface area contributed by atoms with Gasteiger partial charge in [0, 0.05) is 36.6 Å². The number of thiophene rings is 1. The predicted octanol–water partition coefficient (Wildman–Crippen LogP) is 3.30. The Morgan fingerprint density at radius 1 is 1.08 bits per heavy atom. The van der Waals surface area contributed by atoms with E-state index in [0.717, 1.165) is 36.4 Å². The number of rotatable bonds is 6. The summed E-state index contributed by atoms with van der Waals surface area (Å²) in [6.45, 7) is 7.41. The van der Waals surface area contributed by atoms with Gasteiger partial charge >= 0.3 is 6.09 Å². The number of sulfonamides is 1. The first-order valence-corrected chi connectivity index (χ1v) is 14.6. The summed E-state index contributed by atoms with van der Waals surface area (Å²) in [4.78, 5) is 41.0. The van der Waals surface area contributed by atoms with Crippen molar-refractivity contribution in [3.8, 4) is 0 Å². The summed E-state index contributed by atoms with van der Waals surface area (Å²) in [5.74, 6) is -0.610. The maximum Gasteiger partial charge on any atom is 0.413 e. The molecule has 0 atom stereocenters. The number of nitrogens with zero attached hydrogens (tertiary/aromatic N) is 2. The number of hydrogen-bond acceptors (Lipinski definition) is 8. The first kappa shape index (κ1) is 27.2. The number of ether oxygens (including phenoxy) is 1. The fourth-order valence-electron chi connectivity index (χ4n) is 4.59. The summed E-state index contributed by atoms with van der Waals surface area (Å²) < 4.78 is 32.1. The summed E-state index contributed by atoms with van der Waals surface area (Å²) in [6, 6.07) is 5.81. The Kier molecular flexibility index (Phi) is 8.32. The fourth-order valence-corrected chi connectivity index (χ4v) is 7.34. The van der Waals surface area contributed by atoms with Gasteiger partial charge in [0.15, 0.2) is 0 Å². The monoisotopic (exact) mass is 548 g/mol. The van der Waals surface area contributed by atoms with E-state index in [-0.39, 0.29) is 16.0 Å². The molecule has 0 unspecified atom stereocenters. The molecular weight excluding hydrogens is 516 g/mol. The third kappa shape index (κ3) is 5.87. The molecule has 0 bridgehead atoms. The van der Waals surface area contributed by atoms with Gasteiger partial charge in [0.2, 0.25) is 10.0 Å². The van der Waals surface area contributed by atoms with Crippen LogP contribution in [-0.4, -0.2) is 68.8 Å². The molecule has 12 heteroatoms. The lowest BCUT2D eigenvalue weighted by molar-refractivity contribution is 0.0936. The van der Waals surface area contributed by atoms with Crippen molar-refractivity contribution in [1.82, 2.24) is 14.5 Å². The number of fused-ring (bicyclic) bond motifs is 1. The number of methoxy groups -OCH3 is 1. The molecule has 2 aromatic rings. The van der Waals surface area contributed by atoms with Gasteiger partial charge in [0.25, 0.3) is 11.8 Å². The van der Waals surface area contributed by atoms with Crippen LogP contribution in [0.4, 0.5) is 9.80 Å². The van der Waals surface area contributed by atoms with Gasteiger partial charge in [-0.25, -0.2) is 13.2 Å². The van der Waals surface area contributed by atoms with Crippen molar-refractivity contribution in [2.75, 3.05) is 38.6 Å². The highest BCUT2D eigenvalue weighted by atomic mass is 32.2. The van der Waals surface area contributed by atoms with Crippen molar-refractivity contribution in [2.24, 2.45) is 5.92 Å². The van der Waals surface area contributed by atoms with Gasteiger partial charge in [-0.3, -0.25) is 19.8 Å². The Bertz CT molecular complexity index is 1280. The second kappa shape index (κ2) is 11.3. The van der Waals surface area contributed by atoms with Crippen LogP contribution in [0.5, 0.6) is 0 Å². The zero-order valence-electron chi connectivity index (χ0n) is 21.2. The summed E-state index contributed by atoms with van der Waals surface area (Å²) in [6.07, 6.45) is 1.38. The first-order valence-electron chi connectivity index (χ1n) is 12.3. The van der Waals surface area contributed by atoms with Crippen molar-refractivity contribution < 1.29 is 27.5 Å². The average molecular weight is 549 g/mol. The highest BCUT2D eigenvalue weighted by Gasteiger charge is 2.30. The van der Waals surface area contributed by atoms with Crippen molar-refractivity contribution in [1.29, 1.82) is 0 Å². The molecule has 1 aromatic carbocycles. The van der Waals surface area contributed by atoms with Gasteiger partial charge < -0.3 is 10.1 Å². The minimum Gasteiger partial charge on any atom is -0.453 e. The van der Waals surface area contributed by atoms with E-state index >= 15 is 0 Å². The third-order valence-electron chi connectivity index (χ3n) is 6.94. The molecule has 37 heavy (non-hydrogen) atoms. The molecule has 2 N–H and O–H groups in total. The lowest BCUT2D eigenvalue weighted by Crippen LogP contribution is -2.37. The van der Waals surface area contributed by atoms with E-state index in [0.29, 0.717) is 37.0 Å². The van der Waals surface area contributed by atoms with Gasteiger partial charge in [-0.1, -0.05) is 13.8 Å². The van der Waals surface area contributed by atoms with Gasteiger partial charge in [-0.2, -0.15) is 4.31 Å². The van der Waals surface area contributed by atoms with E-state index in [2.05, 4.69) is 34.1 Å². The van der Waals surface area contributed by atoms with E-state index in [9.17, 15) is 22.8 Å². The van der Waals surface area contributed by atoms with Crippen LogP contribution in [0.1, 0.15) is 57.8 Å². The van der Waals surface area contributed by atoms with Crippen LogP contribution >= 0.6 is 11.3 Å². The molecule has 1 saturated heterocycles. The minimum atomic E-state index is -3.63. The Labute approximate surface area is 221 Å². The Balaban J connectivity index is 1.55. The van der Waals surface area contributed by atoms with Crippen LogP contribution in [0.3, 0.4) is 0 Å². The summed E-state index contributed by atoms with van der Waals surface area (Å²) in [5, 5.41) is 5.33. The molecule has 3 heterocycles. The molecule has 10 nitrogen and oxygen atoms in total. The van der Waals surface area contributed by atoms with Gasteiger partial charge in [0.1, 0.15) is 5.00 Å². The van der Waals surface area contributed by atoms with Crippen LogP contribution < -0.4 is 10.6 Å². The molecule has 1 fully saturated rings. The number of carbonyl (C=O) groups is 3. The van der Waals surface area contributed by atoms with Crippen molar-refractivity contribution in [3.63, 3.8) is 0 Å². The minimum absolute atomic E-state index is 0.142. The van der Waals surface area contributed by atoms with E-state index in [4.69, 9.17) is 0 Å². The molecule has 200 valence electrons. The van der Waals surface area contributed by atoms with Crippen LogP contribution in [0.25, 0.3) is 0 Å². The number of benzene rings is 1. The van der Waals surface area contributed by atoms with Crippen molar-refractivity contribution >= 4 is 44.3 Å². The maximum absolute atomic E-state index is 13.1. The lowest BCUT2D eigenvalue weighted by Gasteiger charge is -2.29. The second-order valence-electron chi connectivity index (χ2n) is 9.34. The molecule has 4 rings (SSSR count). The topological polar surface area (TPSA) is 125 Å². The molecule has 2 aliphatic heterocycles. The molecule has 0 radical (unpaired) electrons. The number of imide groups is 1. The number of anilines is 1. The number of hydrogen-bond donors (Lipinski definition) is 2. The summed E-state index contributed by atoms with van der Waals surface area (Å²) in [7, 11) is -2.46. The van der Waals surface area contributed by atoms with E-state index < -0.39 is 27.9 Å². The van der Waals surface area contributed by atoms with Gasteiger partial charge in [-0.05, 0) is 61.6 Å². The highest BCUT2D eigenvalue weighted by molar-refractivity contribution is 7.89. The smallest absolute Gasteiger partial charge is 0.413 e. The average Bonchev–Trinajstić information content (AvgIpc) is 3.25. The zero-order chi connectivity index (χ0) is 26.7. The van der Waals surface area contributed by atoms with Crippen LogP contribution in [-0.2, 0) is 27.7 Å². The van der Waals surface area contributed by atoms with E-state index in [1.807, 2.05) is 0 Å². The Hall–Kier alpha value is -2.80. The first-order chi connectivity index (χ1) is 17.6. The quantitative estimate of drug-likeness (QED) is 0.567. The molecule has 0 aliphatic carbocycles. The second-order valence-corrected chi connectivity index (χ2v) is 12.4. The number of amides is 3. The standard InChI is InChI=1S/C25H32N4O6S2/c1-4-28-12-11-19-20(15-28)36-24(21(19)23(31)27-25(32)35-3)26-22(30)17-5-7-18(8-6-17)37(33,34)29-13-9-16(2)10-14-29/h5-8,16H,4,9-15H2,1-3H3,(H,26,30)(H,27,31,32). The number of piperidine rings is 1. The summed E-state index contributed by atoms with van der Waals surface area (Å²) >= 11 is 1.30. The molecule has 2 aliphatic rings. The Morgan fingerprint density at radius 3 is 2.38 bits per heavy atom. The number of nitrogens with one attached hydrogen (secondary N) is 2. The van der Waals surface area contributed by atoms with Gasteiger partial charge in [0.05, 0.1) is 17.6 Å². The molecular formula is C25H32N4O6S2. The zero-order valence-corrected chi connectivity index (χ0v) is 22.8. The van der Waals surface area contributed by atoms with Crippen LogP contribution in [0.2, 0.25) is 0 Å². The largest absolute Gasteiger partial charge is 0.453 e. The summed E-state index contributed by atoms with van der Waals surface area (Å²) in [5.41, 5.74) is 1.32. The van der Waals surface area contributed by atoms with Gasteiger partial charge in [-0.15, -0.1) is 11.3 Å². The number of carbonyl (C=O) groups excluding carboxylic acids is 3. The molecule has 0 spiro atoms. The maximum atomic E-state index is 13.1.